The largest absolute Gasteiger partial charge is 0.490 e. The third kappa shape index (κ3) is 5.60. The van der Waals surface area contributed by atoms with Crippen LogP contribution < -0.4 is 4.74 Å². The lowest BCUT2D eigenvalue weighted by Gasteiger charge is -2.15. The summed E-state index contributed by atoms with van der Waals surface area (Å²) in [6.07, 6.45) is 7.22. The van der Waals surface area contributed by atoms with E-state index in [1.807, 2.05) is 12.1 Å². The minimum absolute atomic E-state index is 0.118. The van der Waals surface area contributed by atoms with Crippen molar-refractivity contribution in [3.63, 3.8) is 0 Å². The summed E-state index contributed by atoms with van der Waals surface area (Å²) in [6, 6.07) is 14.4. The van der Waals surface area contributed by atoms with Gasteiger partial charge >= 0.3 is 0 Å². The number of sulfone groups is 1. The molecule has 1 aliphatic carbocycles. The van der Waals surface area contributed by atoms with Crippen LogP contribution in [0.1, 0.15) is 61.8 Å². The van der Waals surface area contributed by atoms with Gasteiger partial charge in [-0.3, -0.25) is 0 Å². The molecule has 0 spiro atoms. The number of hydrogen-bond donors (Lipinski definition) is 0. The zero-order valence-electron chi connectivity index (χ0n) is 17.3. The summed E-state index contributed by atoms with van der Waals surface area (Å²) in [5, 5.41) is -0.337. The van der Waals surface area contributed by atoms with Crippen LogP contribution >= 0.6 is 0 Å². The average Bonchev–Trinajstić information content (AvgIpc) is 3.15. The Hall–Kier alpha value is -1.81. The molecule has 3 rings (SSSR count). The second-order valence-corrected chi connectivity index (χ2v) is 10.8. The van der Waals surface area contributed by atoms with Gasteiger partial charge in [0.15, 0.2) is 9.84 Å². The molecule has 4 heteroatoms. The highest BCUT2D eigenvalue weighted by Crippen LogP contribution is 2.26. The fourth-order valence-corrected chi connectivity index (χ4v) is 4.69. The standard InChI is InChI=1S/C24H32O3S/c1-18(2)28(25,26)17-21-10-8-20(9-11-21)12-13-22-14-15-24(16-19(22)3)27-23-6-4-5-7-23/h8-11,14-16,18,23H,4-7,12-13,17H2,1-3H3. The summed E-state index contributed by atoms with van der Waals surface area (Å²) in [5.74, 6) is 1.11. The number of ether oxygens (including phenoxy) is 1. The molecule has 1 fully saturated rings. The molecule has 0 radical (unpaired) electrons. The molecule has 1 aliphatic rings. The number of benzene rings is 2. The van der Waals surface area contributed by atoms with Gasteiger partial charge in [0.2, 0.25) is 0 Å². The lowest BCUT2D eigenvalue weighted by Crippen LogP contribution is -2.15. The summed E-state index contributed by atoms with van der Waals surface area (Å²) >= 11 is 0. The van der Waals surface area contributed by atoms with E-state index in [2.05, 4.69) is 37.3 Å². The Morgan fingerprint density at radius 3 is 2.21 bits per heavy atom. The van der Waals surface area contributed by atoms with Crippen molar-refractivity contribution in [1.82, 2.24) is 0 Å². The number of aryl methyl sites for hydroxylation is 3. The minimum Gasteiger partial charge on any atom is -0.490 e. The highest BCUT2D eigenvalue weighted by atomic mass is 32.2. The van der Waals surface area contributed by atoms with Gasteiger partial charge in [-0.1, -0.05) is 30.3 Å². The summed E-state index contributed by atoms with van der Waals surface area (Å²) in [7, 11) is -3.05. The van der Waals surface area contributed by atoms with Crippen molar-refractivity contribution in [2.45, 2.75) is 76.4 Å². The first kappa shape index (κ1) is 20.9. The Balaban J connectivity index is 1.56. The molecule has 0 unspecified atom stereocenters. The van der Waals surface area contributed by atoms with Crippen LogP contribution in [0.3, 0.4) is 0 Å². The van der Waals surface area contributed by atoms with E-state index >= 15 is 0 Å². The van der Waals surface area contributed by atoms with Crippen LogP contribution in [0.15, 0.2) is 42.5 Å². The van der Waals surface area contributed by atoms with Gasteiger partial charge < -0.3 is 4.74 Å². The minimum atomic E-state index is -3.05. The fourth-order valence-electron chi connectivity index (χ4n) is 3.70. The molecule has 2 aromatic rings. The van der Waals surface area contributed by atoms with E-state index in [-0.39, 0.29) is 11.0 Å². The third-order valence-corrected chi connectivity index (χ3v) is 7.88. The van der Waals surface area contributed by atoms with Crippen molar-refractivity contribution in [3.05, 3.63) is 64.7 Å². The van der Waals surface area contributed by atoms with Gasteiger partial charge in [0.25, 0.3) is 0 Å². The molecule has 2 aromatic carbocycles. The second-order valence-electron chi connectivity index (χ2n) is 8.29. The predicted molar refractivity (Wildman–Crippen MR) is 116 cm³/mol. The molecule has 1 saturated carbocycles. The molecule has 0 amide bonds. The molecule has 0 heterocycles. The monoisotopic (exact) mass is 400 g/mol. The van der Waals surface area contributed by atoms with Crippen LogP contribution in [0.5, 0.6) is 5.75 Å². The summed E-state index contributed by atoms with van der Waals surface area (Å²) in [5.41, 5.74) is 4.71. The van der Waals surface area contributed by atoms with Crippen LogP contribution in [0.4, 0.5) is 0 Å². The normalized spacial score (nSPS) is 15.3. The van der Waals surface area contributed by atoms with Crippen LogP contribution in [0, 0.1) is 6.92 Å². The molecule has 0 bridgehead atoms. The summed E-state index contributed by atoms with van der Waals surface area (Å²) in [6.45, 7) is 5.61. The zero-order chi connectivity index (χ0) is 20.1. The smallest absolute Gasteiger partial charge is 0.156 e. The first-order valence-electron chi connectivity index (χ1n) is 10.4. The van der Waals surface area contributed by atoms with E-state index in [9.17, 15) is 8.42 Å². The van der Waals surface area contributed by atoms with Gasteiger partial charge in [0, 0.05) is 0 Å². The molecule has 0 atom stereocenters. The van der Waals surface area contributed by atoms with Crippen molar-refractivity contribution < 1.29 is 13.2 Å². The molecule has 152 valence electrons. The second kappa shape index (κ2) is 9.13. The van der Waals surface area contributed by atoms with E-state index in [1.54, 1.807) is 13.8 Å². The number of hydrogen-bond acceptors (Lipinski definition) is 3. The first-order valence-corrected chi connectivity index (χ1v) is 12.1. The van der Waals surface area contributed by atoms with Crippen LogP contribution in [0.2, 0.25) is 0 Å². The van der Waals surface area contributed by atoms with Crippen molar-refractivity contribution in [2.75, 3.05) is 0 Å². The lowest BCUT2D eigenvalue weighted by molar-refractivity contribution is 0.210. The van der Waals surface area contributed by atoms with E-state index in [1.165, 1.54) is 42.4 Å². The molecule has 0 saturated heterocycles. The highest BCUT2D eigenvalue weighted by Gasteiger charge is 2.17. The van der Waals surface area contributed by atoms with E-state index in [0.717, 1.165) is 24.2 Å². The van der Waals surface area contributed by atoms with Crippen molar-refractivity contribution in [2.24, 2.45) is 0 Å². The van der Waals surface area contributed by atoms with Crippen molar-refractivity contribution >= 4 is 9.84 Å². The van der Waals surface area contributed by atoms with E-state index in [0.29, 0.717) is 6.10 Å². The molecule has 0 aliphatic heterocycles. The van der Waals surface area contributed by atoms with Gasteiger partial charge in [-0.05, 0) is 93.7 Å². The molecule has 28 heavy (non-hydrogen) atoms. The topological polar surface area (TPSA) is 43.4 Å². The first-order chi connectivity index (χ1) is 13.3. The number of rotatable bonds is 8. The van der Waals surface area contributed by atoms with Gasteiger partial charge in [-0.15, -0.1) is 0 Å². The molecular formula is C24H32O3S. The van der Waals surface area contributed by atoms with E-state index in [4.69, 9.17) is 4.74 Å². The quantitative estimate of drug-likeness (QED) is 0.594. The Kier molecular flexibility index (Phi) is 6.82. The van der Waals surface area contributed by atoms with Gasteiger partial charge in [0.05, 0.1) is 17.1 Å². The Morgan fingerprint density at radius 1 is 0.964 bits per heavy atom. The maximum atomic E-state index is 12.1. The van der Waals surface area contributed by atoms with Crippen LogP contribution in [-0.4, -0.2) is 19.8 Å². The summed E-state index contributed by atoms with van der Waals surface area (Å²) < 4.78 is 30.2. The summed E-state index contributed by atoms with van der Waals surface area (Å²) in [4.78, 5) is 0. The Bertz CT molecular complexity index is 877. The van der Waals surface area contributed by atoms with Crippen LogP contribution in [0.25, 0.3) is 0 Å². The fraction of sp³-hybridized carbons (Fsp3) is 0.500. The van der Waals surface area contributed by atoms with Gasteiger partial charge in [-0.2, -0.15) is 0 Å². The zero-order valence-corrected chi connectivity index (χ0v) is 18.1. The SMILES string of the molecule is Cc1cc(OC2CCCC2)ccc1CCc1ccc(CS(=O)(=O)C(C)C)cc1. The molecular weight excluding hydrogens is 368 g/mol. The highest BCUT2D eigenvalue weighted by molar-refractivity contribution is 7.91. The maximum Gasteiger partial charge on any atom is 0.156 e. The van der Waals surface area contributed by atoms with Crippen molar-refractivity contribution in [1.29, 1.82) is 0 Å². The average molecular weight is 401 g/mol. The molecule has 3 nitrogen and oxygen atoms in total. The Morgan fingerprint density at radius 2 is 1.61 bits per heavy atom. The van der Waals surface area contributed by atoms with Gasteiger partial charge in [0.1, 0.15) is 5.75 Å². The van der Waals surface area contributed by atoms with Gasteiger partial charge in [-0.25, -0.2) is 8.42 Å². The van der Waals surface area contributed by atoms with Crippen LogP contribution in [-0.2, 0) is 28.4 Å². The Labute approximate surface area is 170 Å². The maximum absolute atomic E-state index is 12.1. The van der Waals surface area contributed by atoms with E-state index < -0.39 is 9.84 Å². The third-order valence-electron chi connectivity index (χ3n) is 5.71. The lowest BCUT2D eigenvalue weighted by atomic mass is 10.00. The molecule has 0 N–H and O–H groups in total. The molecule has 0 aromatic heterocycles. The van der Waals surface area contributed by atoms with Crippen molar-refractivity contribution in [3.8, 4) is 5.75 Å². The predicted octanol–water partition coefficient (Wildman–Crippen LogP) is 5.42.